The van der Waals surface area contributed by atoms with Gasteiger partial charge in [0.05, 0.1) is 17.5 Å². The predicted octanol–water partition coefficient (Wildman–Crippen LogP) is 1.16. The lowest BCUT2D eigenvalue weighted by Gasteiger charge is -2.19. The second-order valence-electron chi connectivity index (χ2n) is 5.64. The van der Waals surface area contributed by atoms with Gasteiger partial charge in [-0.15, -0.1) is 0 Å². The van der Waals surface area contributed by atoms with Gasteiger partial charge in [-0.3, -0.25) is 10.2 Å². The summed E-state index contributed by atoms with van der Waals surface area (Å²) in [7, 11) is 0. The Morgan fingerprint density at radius 1 is 1.41 bits per heavy atom. The highest BCUT2D eigenvalue weighted by molar-refractivity contribution is 6.14. The first kappa shape index (κ1) is 14.6. The van der Waals surface area contributed by atoms with Crippen LogP contribution in [0.25, 0.3) is 0 Å². The molecule has 0 aliphatic carbocycles. The maximum atomic E-state index is 13.5. The lowest BCUT2D eigenvalue weighted by molar-refractivity contribution is 0.0782. The second-order valence-corrected chi connectivity index (χ2v) is 5.64. The van der Waals surface area contributed by atoms with Crippen LogP contribution in [0.3, 0.4) is 0 Å². The van der Waals surface area contributed by atoms with Crippen molar-refractivity contribution in [1.29, 1.82) is 5.41 Å². The molecule has 1 amide bonds. The van der Waals surface area contributed by atoms with Crippen LogP contribution < -0.4 is 10.7 Å². The number of carbonyl (C=O) groups is 1. The van der Waals surface area contributed by atoms with Gasteiger partial charge < -0.3 is 15.6 Å². The van der Waals surface area contributed by atoms with Crippen LogP contribution in [0.5, 0.6) is 0 Å². The van der Waals surface area contributed by atoms with Gasteiger partial charge in [-0.25, -0.2) is 4.39 Å². The van der Waals surface area contributed by atoms with E-state index in [4.69, 9.17) is 5.41 Å². The van der Waals surface area contributed by atoms with Gasteiger partial charge in [-0.1, -0.05) is 0 Å². The fourth-order valence-electron chi connectivity index (χ4n) is 3.13. The van der Waals surface area contributed by atoms with Gasteiger partial charge in [-0.05, 0) is 30.0 Å². The van der Waals surface area contributed by atoms with Crippen LogP contribution in [0.15, 0.2) is 23.3 Å². The third-order valence-electron chi connectivity index (χ3n) is 4.22. The van der Waals surface area contributed by atoms with Crippen molar-refractivity contribution in [3.63, 3.8) is 0 Å². The lowest BCUT2D eigenvalue weighted by atomic mass is 10.0. The standard InChI is InChI=1S/C15H18FN5O/c16-12-1-2-14(20-19-4-3-17)13(5-12)15(22)21-8-10-6-18-7-11(10)9-21/h1-5,10-11,17-18,20H,6-9H2/b17-3?,19-4-. The number of nitrogens with zero attached hydrogens (tertiary/aromatic N) is 2. The summed E-state index contributed by atoms with van der Waals surface area (Å²) in [6.45, 7) is 3.28. The molecule has 2 unspecified atom stereocenters. The van der Waals surface area contributed by atoms with Crippen molar-refractivity contribution in [2.75, 3.05) is 31.6 Å². The van der Waals surface area contributed by atoms with Gasteiger partial charge in [0.2, 0.25) is 0 Å². The molecule has 3 N–H and O–H groups in total. The minimum Gasteiger partial charge on any atom is -0.338 e. The zero-order valence-electron chi connectivity index (χ0n) is 12.1. The SMILES string of the molecule is N=C/C=N\Nc1ccc(F)cc1C(=O)N1CC2CNCC2C1. The number of anilines is 1. The van der Waals surface area contributed by atoms with Crippen molar-refractivity contribution in [3.05, 3.63) is 29.6 Å². The van der Waals surface area contributed by atoms with Gasteiger partial charge >= 0.3 is 0 Å². The van der Waals surface area contributed by atoms with Gasteiger partial charge in [-0.2, -0.15) is 5.10 Å². The molecule has 7 heteroatoms. The van der Waals surface area contributed by atoms with Crippen LogP contribution in [0, 0.1) is 23.1 Å². The largest absolute Gasteiger partial charge is 0.338 e. The summed E-state index contributed by atoms with van der Waals surface area (Å²) in [6, 6.07) is 4.00. The highest BCUT2D eigenvalue weighted by Gasteiger charge is 2.38. The molecule has 2 saturated heterocycles. The maximum absolute atomic E-state index is 13.5. The van der Waals surface area contributed by atoms with Crippen LogP contribution in [0.1, 0.15) is 10.4 Å². The summed E-state index contributed by atoms with van der Waals surface area (Å²) >= 11 is 0. The molecule has 2 fully saturated rings. The van der Waals surface area contributed by atoms with Crippen molar-refractivity contribution in [2.45, 2.75) is 0 Å². The van der Waals surface area contributed by atoms with Gasteiger partial charge in [0.25, 0.3) is 5.91 Å². The van der Waals surface area contributed by atoms with E-state index in [1.54, 1.807) is 4.90 Å². The first-order chi connectivity index (χ1) is 10.7. The fraction of sp³-hybridized carbons (Fsp3) is 0.400. The summed E-state index contributed by atoms with van der Waals surface area (Å²) in [5.74, 6) is 0.349. The minimum absolute atomic E-state index is 0.179. The summed E-state index contributed by atoms with van der Waals surface area (Å²) in [4.78, 5) is 14.5. The molecule has 0 bridgehead atoms. The number of fused-ring (bicyclic) bond motifs is 1. The smallest absolute Gasteiger partial charge is 0.256 e. The Bertz CT molecular complexity index is 606. The number of likely N-dealkylation sites (tertiary alicyclic amines) is 1. The van der Waals surface area contributed by atoms with E-state index in [0.29, 0.717) is 30.6 Å². The number of rotatable bonds is 4. The molecule has 22 heavy (non-hydrogen) atoms. The average Bonchev–Trinajstić information content (AvgIpc) is 3.09. The molecule has 116 valence electrons. The molecule has 2 aliphatic rings. The first-order valence-corrected chi connectivity index (χ1v) is 7.26. The molecule has 0 saturated carbocycles. The first-order valence-electron chi connectivity index (χ1n) is 7.26. The van der Waals surface area contributed by atoms with E-state index in [0.717, 1.165) is 19.3 Å². The number of hydrazone groups is 1. The highest BCUT2D eigenvalue weighted by atomic mass is 19.1. The van der Waals surface area contributed by atoms with Gasteiger partial charge in [0.15, 0.2) is 0 Å². The summed E-state index contributed by atoms with van der Waals surface area (Å²) in [6.07, 6.45) is 2.27. The normalized spacial score (nSPS) is 23.8. The Morgan fingerprint density at radius 2 is 2.14 bits per heavy atom. The molecule has 3 rings (SSSR count). The molecular formula is C15H18FN5O. The molecule has 0 spiro atoms. The number of benzene rings is 1. The average molecular weight is 303 g/mol. The Morgan fingerprint density at radius 3 is 2.82 bits per heavy atom. The molecule has 2 atom stereocenters. The quantitative estimate of drug-likeness (QED) is 0.577. The fourth-order valence-corrected chi connectivity index (χ4v) is 3.13. The highest BCUT2D eigenvalue weighted by Crippen LogP contribution is 2.29. The summed E-state index contributed by atoms with van der Waals surface area (Å²) in [5.41, 5.74) is 3.41. The number of halogens is 1. The van der Waals surface area contributed by atoms with E-state index >= 15 is 0 Å². The van der Waals surface area contributed by atoms with Crippen LogP contribution >= 0.6 is 0 Å². The van der Waals surface area contributed by atoms with E-state index in [1.807, 2.05) is 0 Å². The Kier molecular flexibility index (Phi) is 4.15. The van der Waals surface area contributed by atoms with Crippen LogP contribution in [-0.4, -0.2) is 49.4 Å². The van der Waals surface area contributed by atoms with Crippen molar-refractivity contribution >= 4 is 24.0 Å². The number of hydrogen-bond donors (Lipinski definition) is 3. The lowest BCUT2D eigenvalue weighted by Crippen LogP contribution is -2.32. The molecule has 6 nitrogen and oxygen atoms in total. The van der Waals surface area contributed by atoms with E-state index in [1.165, 1.54) is 24.4 Å². The molecule has 0 aromatic heterocycles. The van der Waals surface area contributed by atoms with Gasteiger partial charge in [0.1, 0.15) is 5.82 Å². The molecule has 2 aliphatic heterocycles. The number of carbonyl (C=O) groups excluding carboxylic acids is 1. The number of hydrogen-bond acceptors (Lipinski definition) is 5. The number of nitrogens with one attached hydrogen (secondary N) is 3. The van der Waals surface area contributed by atoms with Crippen LogP contribution in [-0.2, 0) is 0 Å². The molecule has 1 aromatic carbocycles. The molecule has 2 heterocycles. The zero-order chi connectivity index (χ0) is 15.5. The van der Waals surface area contributed by atoms with E-state index in [2.05, 4.69) is 15.8 Å². The van der Waals surface area contributed by atoms with Crippen molar-refractivity contribution in [1.82, 2.24) is 10.2 Å². The Balaban J connectivity index is 1.80. The van der Waals surface area contributed by atoms with Crippen LogP contribution in [0.2, 0.25) is 0 Å². The summed E-state index contributed by atoms with van der Waals surface area (Å²) < 4.78 is 13.5. The topological polar surface area (TPSA) is 80.6 Å². The minimum atomic E-state index is -0.453. The second kappa shape index (κ2) is 6.23. The summed E-state index contributed by atoms with van der Waals surface area (Å²) in [5, 5.41) is 14.0. The van der Waals surface area contributed by atoms with Gasteiger partial charge in [0, 0.05) is 32.4 Å². The van der Waals surface area contributed by atoms with Crippen molar-refractivity contribution in [3.8, 4) is 0 Å². The molecular weight excluding hydrogens is 285 g/mol. The Labute approximate surface area is 127 Å². The van der Waals surface area contributed by atoms with Crippen molar-refractivity contribution in [2.24, 2.45) is 16.9 Å². The van der Waals surface area contributed by atoms with E-state index in [-0.39, 0.29) is 11.5 Å². The van der Waals surface area contributed by atoms with Crippen LogP contribution in [0.4, 0.5) is 10.1 Å². The monoisotopic (exact) mass is 303 g/mol. The molecule has 1 aromatic rings. The van der Waals surface area contributed by atoms with E-state index in [9.17, 15) is 9.18 Å². The third-order valence-corrected chi connectivity index (χ3v) is 4.22. The molecule has 0 radical (unpaired) electrons. The predicted molar refractivity (Wildman–Crippen MR) is 83.1 cm³/mol. The van der Waals surface area contributed by atoms with E-state index < -0.39 is 5.82 Å². The Hall–Kier alpha value is -2.28. The maximum Gasteiger partial charge on any atom is 0.256 e. The zero-order valence-corrected chi connectivity index (χ0v) is 12.1. The number of amides is 1. The third kappa shape index (κ3) is 2.85. The van der Waals surface area contributed by atoms with Crippen molar-refractivity contribution < 1.29 is 9.18 Å².